The van der Waals surface area contributed by atoms with E-state index in [4.69, 9.17) is 13.8 Å². The van der Waals surface area contributed by atoms with Gasteiger partial charge in [-0.3, -0.25) is 23.8 Å². The molecule has 0 aliphatic carbocycles. The number of nitrogens with one attached hydrogen (secondary N) is 1. The number of nitrogens with zero attached hydrogens (tertiary/aromatic N) is 1. The molecule has 2 aromatic carbocycles. The molecule has 1 N–H and O–H groups in total. The smallest absolute Gasteiger partial charge is 0.357 e. The summed E-state index contributed by atoms with van der Waals surface area (Å²) in [5.41, 5.74) is 0.948. The van der Waals surface area contributed by atoms with Crippen LogP contribution in [0.3, 0.4) is 0 Å². The van der Waals surface area contributed by atoms with Crippen LogP contribution in [0.25, 0.3) is 0 Å². The van der Waals surface area contributed by atoms with E-state index in [1.165, 1.54) is 19.2 Å². The van der Waals surface area contributed by atoms with Gasteiger partial charge in [-0.15, -0.1) is 0 Å². The molecule has 0 spiro atoms. The lowest BCUT2D eigenvalue weighted by molar-refractivity contribution is -0.121. The van der Waals surface area contributed by atoms with Crippen LogP contribution in [-0.2, 0) is 18.4 Å². The Morgan fingerprint density at radius 1 is 0.969 bits per heavy atom. The van der Waals surface area contributed by atoms with E-state index in [-0.39, 0.29) is 24.3 Å². The maximum absolute atomic E-state index is 13.5. The van der Waals surface area contributed by atoms with Gasteiger partial charge in [0.25, 0.3) is 11.8 Å². The fourth-order valence-corrected chi connectivity index (χ4v) is 5.33. The van der Waals surface area contributed by atoms with Crippen LogP contribution >= 0.6 is 7.60 Å². The van der Waals surface area contributed by atoms with Gasteiger partial charge in [0.05, 0.1) is 31.5 Å². The van der Waals surface area contributed by atoms with E-state index in [0.717, 1.165) is 4.90 Å². The lowest BCUT2D eigenvalue weighted by Crippen LogP contribution is -2.41. The highest BCUT2D eigenvalue weighted by Gasteiger charge is 2.40. The van der Waals surface area contributed by atoms with Gasteiger partial charge in [-0.05, 0) is 43.7 Å². The molecular weight excluding hydrogens is 435 g/mol. The van der Waals surface area contributed by atoms with Gasteiger partial charge in [0.15, 0.2) is 5.78 Å². The Morgan fingerprint density at radius 2 is 1.50 bits per heavy atom. The highest BCUT2D eigenvalue weighted by Crippen LogP contribution is 2.59. The number of imide groups is 1. The topological polar surface area (TPSA) is 111 Å². The van der Waals surface area contributed by atoms with Gasteiger partial charge in [0.2, 0.25) is 5.91 Å². The highest BCUT2D eigenvalue weighted by molar-refractivity contribution is 7.54. The van der Waals surface area contributed by atoms with Crippen molar-refractivity contribution in [1.29, 1.82) is 0 Å². The highest BCUT2D eigenvalue weighted by atomic mass is 31.2. The number of ether oxygens (including phenoxy) is 1. The summed E-state index contributed by atoms with van der Waals surface area (Å²) < 4.78 is 29.6. The molecule has 170 valence electrons. The van der Waals surface area contributed by atoms with Crippen molar-refractivity contribution in [2.75, 3.05) is 26.9 Å². The van der Waals surface area contributed by atoms with Gasteiger partial charge < -0.3 is 19.1 Å². The lowest BCUT2D eigenvalue weighted by Gasteiger charge is -2.28. The molecule has 1 aliphatic rings. The fraction of sp³-hybridized carbons (Fsp3) is 0.318. The first-order chi connectivity index (χ1) is 15.3. The lowest BCUT2D eigenvalue weighted by atomic mass is 10.1. The van der Waals surface area contributed by atoms with Crippen molar-refractivity contribution in [2.45, 2.75) is 19.6 Å². The second-order valence-electron chi connectivity index (χ2n) is 6.86. The quantitative estimate of drug-likeness (QED) is 0.427. The molecule has 1 atom stereocenters. The largest absolute Gasteiger partial charge is 0.497 e. The van der Waals surface area contributed by atoms with Gasteiger partial charge in [-0.1, -0.05) is 24.3 Å². The third-order valence-electron chi connectivity index (χ3n) is 4.84. The van der Waals surface area contributed by atoms with Crippen molar-refractivity contribution in [3.8, 4) is 5.75 Å². The first-order valence-electron chi connectivity index (χ1n) is 10.1. The van der Waals surface area contributed by atoms with Crippen molar-refractivity contribution in [1.82, 2.24) is 10.2 Å². The molecule has 2 aromatic rings. The number of carbonyl (C=O) groups is 3. The molecule has 0 radical (unpaired) electrons. The zero-order chi connectivity index (χ0) is 23.3. The average Bonchev–Trinajstić information content (AvgIpc) is 3.03. The Labute approximate surface area is 186 Å². The number of hydrogen-bond acceptors (Lipinski definition) is 7. The molecule has 3 amide bonds. The number of amides is 3. The van der Waals surface area contributed by atoms with E-state index >= 15 is 0 Å². The van der Waals surface area contributed by atoms with Crippen LogP contribution in [-0.4, -0.2) is 49.5 Å². The minimum atomic E-state index is -3.82. The molecule has 3 rings (SSSR count). The molecule has 9 nitrogen and oxygen atoms in total. The molecule has 0 bridgehead atoms. The van der Waals surface area contributed by atoms with E-state index in [0.29, 0.717) is 11.3 Å². The van der Waals surface area contributed by atoms with E-state index in [9.17, 15) is 18.9 Å². The molecule has 0 saturated carbocycles. The molecule has 1 aliphatic heterocycles. The van der Waals surface area contributed by atoms with Crippen LogP contribution in [0.15, 0.2) is 48.5 Å². The van der Waals surface area contributed by atoms with E-state index in [1.807, 2.05) is 0 Å². The molecule has 1 heterocycles. The minimum absolute atomic E-state index is 0.0954. The molecule has 0 saturated heterocycles. The molecule has 32 heavy (non-hydrogen) atoms. The first kappa shape index (κ1) is 23.7. The first-order valence-corrected chi connectivity index (χ1v) is 11.7. The van der Waals surface area contributed by atoms with E-state index in [1.54, 1.807) is 50.2 Å². The van der Waals surface area contributed by atoms with Crippen molar-refractivity contribution in [3.05, 3.63) is 65.2 Å². The van der Waals surface area contributed by atoms with Crippen molar-refractivity contribution in [2.24, 2.45) is 0 Å². The Bertz CT molecular complexity index is 1010. The third kappa shape index (κ3) is 4.75. The Morgan fingerprint density at radius 3 is 1.97 bits per heavy atom. The summed E-state index contributed by atoms with van der Waals surface area (Å²) in [5.74, 6) is -2.36. The maximum atomic E-state index is 13.5. The molecule has 0 aromatic heterocycles. The summed E-state index contributed by atoms with van der Waals surface area (Å²) in [7, 11) is -2.31. The third-order valence-corrected chi connectivity index (χ3v) is 7.14. The second-order valence-corrected chi connectivity index (χ2v) is 8.97. The SMILES string of the molecule is CCOP(=O)(OCC)C(NC(=O)CN1C(=O)c2ccccc2C1=O)c1ccc(OC)cc1. The van der Waals surface area contributed by atoms with Crippen LogP contribution in [0.4, 0.5) is 0 Å². The summed E-state index contributed by atoms with van der Waals surface area (Å²) in [6, 6.07) is 12.9. The van der Waals surface area contributed by atoms with Crippen LogP contribution in [0, 0.1) is 0 Å². The zero-order valence-corrected chi connectivity index (χ0v) is 19.0. The van der Waals surface area contributed by atoms with Gasteiger partial charge >= 0.3 is 7.60 Å². The average molecular weight is 460 g/mol. The van der Waals surface area contributed by atoms with Gasteiger partial charge in [-0.2, -0.15) is 0 Å². The number of hydrogen-bond donors (Lipinski definition) is 1. The van der Waals surface area contributed by atoms with Crippen molar-refractivity contribution >= 4 is 25.3 Å². The summed E-state index contributed by atoms with van der Waals surface area (Å²) in [4.78, 5) is 38.9. The van der Waals surface area contributed by atoms with Crippen LogP contribution in [0.1, 0.15) is 45.9 Å². The number of fused-ring (bicyclic) bond motifs is 1. The molecule has 0 fully saturated rings. The van der Waals surface area contributed by atoms with Crippen molar-refractivity contribution < 1.29 is 32.7 Å². The Kier molecular flexibility index (Phi) is 7.45. The van der Waals surface area contributed by atoms with E-state index < -0.39 is 37.6 Å². The fourth-order valence-electron chi connectivity index (χ4n) is 3.40. The van der Waals surface area contributed by atoms with Crippen LogP contribution < -0.4 is 10.1 Å². The van der Waals surface area contributed by atoms with Crippen LogP contribution in [0.2, 0.25) is 0 Å². The number of carbonyl (C=O) groups excluding carboxylic acids is 3. The summed E-state index contributed by atoms with van der Waals surface area (Å²) in [6.07, 6.45) is 0. The van der Waals surface area contributed by atoms with Gasteiger partial charge in [0.1, 0.15) is 12.3 Å². The summed E-state index contributed by atoms with van der Waals surface area (Å²) >= 11 is 0. The Hall–Kier alpha value is -3.00. The maximum Gasteiger partial charge on any atom is 0.357 e. The second kappa shape index (κ2) is 10.1. The van der Waals surface area contributed by atoms with Crippen molar-refractivity contribution in [3.63, 3.8) is 0 Å². The molecule has 10 heteroatoms. The minimum Gasteiger partial charge on any atom is -0.497 e. The monoisotopic (exact) mass is 460 g/mol. The summed E-state index contributed by atoms with van der Waals surface area (Å²) in [6.45, 7) is 2.99. The Balaban J connectivity index is 1.85. The van der Waals surface area contributed by atoms with E-state index in [2.05, 4.69) is 5.32 Å². The predicted molar refractivity (Wildman–Crippen MR) is 117 cm³/mol. The van der Waals surface area contributed by atoms with Gasteiger partial charge in [0, 0.05) is 0 Å². The molecule has 1 unspecified atom stereocenters. The normalized spacial score (nSPS) is 14.3. The number of methoxy groups -OCH3 is 1. The number of rotatable bonds is 10. The zero-order valence-electron chi connectivity index (χ0n) is 18.1. The van der Waals surface area contributed by atoms with Crippen LogP contribution in [0.5, 0.6) is 5.75 Å². The molecular formula is C22H25N2O7P. The summed E-state index contributed by atoms with van der Waals surface area (Å²) in [5, 5.41) is 2.64. The number of benzene rings is 2. The van der Waals surface area contributed by atoms with Gasteiger partial charge in [-0.25, -0.2) is 0 Å². The standard InChI is InChI=1S/C22H25N2O7P/c1-4-30-32(28,31-5-2)20(15-10-12-16(29-3)13-11-15)23-19(25)14-24-21(26)17-8-6-7-9-18(17)22(24)27/h6-13,20H,4-5,14H2,1-3H3,(H,23,25). The predicted octanol–water partition coefficient (Wildman–Crippen LogP) is 3.37.